The molecular weight excluding hydrogens is 360 g/mol. The molecule has 0 aromatic heterocycles. The van der Waals surface area contributed by atoms with Crippen molar-refractivity contribution in [1.82, 2.24) is 5.32 Å². The largest absolute Gasteiger partial charge is 0.465 e. The van der Waals surface area contributed by atoms with Crippen molar-refractivity contribution in [1.29, 1.82) is 5.26 Å². The third-order valence-electron chi connectivity index (χ3n) is 3.72. The summed E-state index contributed by atoms with van der Waals surface area (Å²) in [7, 11) is 0. The van der Waals surface area contributed by atoms with Crippen LogP contribution < -0.4 is 5.32 Å². The lowest BCUT2D eigenvalue weighted by Crippen LogP contribution is -2.31. The van der Waals surface area contributed by atoms with Crippen molar-refractivity contribution in [3.63, 3.8) is 0 Å². The van der Waals surface area contributed by atoms with E-state index in [1.165, 1.54) is 0 Å². The Morgan fingerprint density at radius 1 is 1.44 bits per heavy atom. The zero-order valence-corrected chi connectivity index (χ0v) is 15.5. The monoisotopic (exact) mass is 378 g/mol. The van der Waals surface area contributed by atoms with Crippen LogP contribution in [0, 0.1) is 11.3 Å². The first-order chi connectivity index (χ1) is 12.0. The predicted molar refractivity (Wildman–Crippen MR) is 97.9 cm³/mol. The quantitative estimate of drug-likeness (QED) is 0.577. The van der Waals surface area contributed by atoms with E-state index in [9.17, 15) is 14.9 Å². The highest BCUT2D eigenvalue weighted by molar-refractivity contribution is 8.03. The number of halogens is 1. The topological polar surface area (TPSA) is 79.2 Å². The van der Waals surface area contributed by atoms with Gasteiger partial charge in [-0.25, -0.2) is 0 Å². The summed E-state index contributed by atoms with van der Waals surface area (Å²) in [6, 6.07) is 9.26. The van der Waals surface area contributed by atoms with Crippen molar-refractivity contribution in [2.24, 2.45) is 0 Å². The number of ether oxygens (including phenoxy) is 1. The van der Waals surface area contributed by atoms with Crippen LogP contribution in [0.2, 0.25) is 5.02 Å². The van der Waals surface area contributed by atoms with Crippen LogP contribution in [0.5, 0.6) is 0 Å². The molecule has 1 aliphatic heterocycles. The fourth-order valence-corrected chi connectivity index (χ4v) is 3.42. The normalized spacial score (nSPS) is 17.0. The molecule has 1 N–H and O–H groups in total. The van der Waals surface area contributed by atoms with E-state index in [2.05, 4.69) is 11.4 Å². The minimum Gasteiger partial charge on any atom is -0.465 e. The maximum Gasteiger partial charge on any atom is 0.316 e. The fourth-order valence-electron chi connectivity index (χ4n) is 2.42. The van der Waals surface area contributed by atoms with E-state index in [1.807, 2.05) is 19.1 Å². The van der Waals surface area contributed by atoms with Crippen molar-refractivity contribution in [3.05, 3.63) is 45.5 Å². The molecule has 132 valence electrons. The highest BCUT2D eigenvalue weighted by Gasteiger charge is 2.29. The summed E-state index contributed by atoms with van der Waals surface area (Å²) in [6.07, 6.45) is 1.95. The van der Waals surface area contributed by atoms with Crippen LogP contribution in [0.15, 0.2) is 34.9 Å². The summed E-state index contributed by atoms with van der Waals surface area (Å²) in [6.45, 7) is 2.40. The van der Waals surface area contributed by atoms with Gasteiger partial charge in [0, 0.05) is 17.4 Å². The van der Waals surface area contributed by atoms with Crippen LogP contribution in [0.3, 0.4) is 0 Å². The van der Waals surface area contributed by atoms with Gasteiger partial charge in [-0.05, 0) is 24.1 Å². The molecule has 7 heteroatoms. The van der Waals surface area contributed by atoms with E-state index in [0.717, 1.165) is 30.2 Å². The number of benzene rings is 1. The van der Waals surface area contributed by atoms with Crippen molar-refractivity contribution < 1.29 is 14.3 Å². The lowest BCUT2D eigenvalue weighted by molar-refractivity contribution is -0.140. The SMILES string of the molecule is CCCCOC(=O)CSC1=C(C#N)C(c2ccc(Cl)cc2)CC(=O)N1. The van der Waals surface area contributed by atoms with E-state index in [1.54, 1.807) is 12.1 Å². The average molecular weight is 379 g/mol. The molecule has 1 atom stereocenters. The molecule has 1 heterocycles. The maximum absolute atomic E-state index is 12.0. The van der Waals surface area contributed by atoms with Crippen LogP contribution in [0.1, 0.15) is 37.7 Å². The first kappa shape index (κ1) is 19.4. The molecule has 0 aliphatic carbocycles. The summed E-state index contributed by atoms with van der Waals surface area (Å²) in [5.41, 5.74) is 1.30. The Morgan fingerprint density at radius 2 is 2.16 bits per heavy atom. The standard InChI is InChI=1S/C18H19ClN2O3S/c1-2-3-8-24-17(23)11-25-18-15(10-20)14(9-16(22)21-18)12-4-6-13(19)7-5-12/h4-7,14H,2-3,8-9,11H2,1H3,(H,21,22). The zero-order chi connectivity index (χ0) is 18.2. The minimum absolute atomic E-state index is 0.0534. The second kappa shape index (κ2) is 9.50. The molecule has 1 aromatic rings. The molecule has 1 amide bonds. The molecule has 1 aliphatic rings. The summed E-state index contributed by atoms with van der Waals surface area (Å²) in [4.78, 5) is 23.8. The van der Waals surface area contributed by atoms with Crippen LogP contribution in [-0.2, 0) is 14.3 Å². The first-order valence-corrected chi connectivity index (χ1v) is 9.39. The molecule has 1 aromatic carbocycles. The lowest BCUT2D eigenvalue weighted by atomic mass is 9.87. The van der Waals surface area contributed by atoms with Gasteiger partial charge in [-0.15, -0.1) is 0 Å². The van der Waals surface area contributed by atoms with Crippen molar-refractivity contribution in [2.75, 3.05) is 12.4 Å². The Morgan fingerprint density at radius 3 is 2.80 bits per heavy atom. The fraction of sp³-hybridized carbons (Fsp3) is 0.389. The molecular formula is C18H19ClN2O3S. The number of hydrogen-bond donors (Lipinski definition) is 1. The molecule has 0 saturated carbocycles. The number of rotatable bonds is 7. The Hall–Kier alpha value is -1.97. The molecule has 0 radical (unpaired) electrons. The van der Waals surface area contributed by atoms with Crippen LogP contribution in [0.25, 0.3) is 0 Å². The number of esters is 1. The smallest absolute Gasteiger partial charge is 0.316 e. The third kappa shape index (κ3) is 5.52. The Kier molecular flexibility index (Phi) is 7.35. The number of carbonyl (C=O) groups excluding carboxylic acids is 2. The third-order valence-corrected chi connectivity index (χ3v) is 4.97. The number of nitriles is 1. The molecule has 25 heavy (non-hydrogen) atoms. The number of nitrogens with zero attached hydrogens (tertiary/aromatic N) is 1. The second-order valence-electron chi connectivity index (χ2n) is 5.57. The predicted octanol–water partition coefficient (Wildman–Crippen LogP) is 3.76. The van der Waals surface area contributed by atoms with Gasteiger partial charge in [0.1, 0.15) is 0 Å². The van der Waals surface area contributed by atoms with Gasteiger partial charge in [0.15, 0.2) is 0 Å². The molecule has 5 nitrogen and oxygen atoms in total. The number of amides is 1. The van der Waals surface area contributed by atoms with E-state index >= 15 is 0 Å². The van der Waals surface area contributed by atoms with Crippen molar-refractivity contribution >= 4 is 35.2 Å². The van der Waals surface area contributed by atoms with E-state index in [4.69, 9.17) is 16.3 Å². The molecule has 1 unspecified atom stereocenters. The van der Waals surface area contributed by atoms with E-state index in [-0.39, 0.29) is 30.0 Å². The van der Waals surface area contributed by atoms with E-state index < -0.39 is 0 Å². The highest BCUT2D eigenvalue weighted by atomic mass is 35.5. The van der Waals surface area contributed by atoms with Crippen LogP contribution in [-0.4, -0.2) is 24.2 Å². The van der Waals surface area contributed by atoms with Gasteiger partial charge < -0.3 is 10.1 Å². The number of carbonyl (C=O) groups is 2. The molecule has 0 fully saturated rings. The summed E-state index contributed by atoms with van der Waals surface area (Å²) in [5, 5.41) is 13.3. The maximum atomic E-state index is 12.0. The summed E-state index contributed by atoms with van der Waals surface area (Å²) in [5.74, 6) is -0.820. The molecule has 0 spiro atoms. The lowest BCUT2D eigenvalue weighted by Gasteiger charge is -2.25. The molecule has 0 bridgehead atoms. The number of thioether (sulfide) groups is 1. The second-order valence-corrected chi connectivity index (χ2v) is 7.00. The van der Waals surface area contributed by atoms with E-state index in [0.29, 0.717) is 22.2 Å². The summed E-state index contributed by atoms with van der Waals surface area (Å²) >= 11 is 7.03. The van der Waals surface area contributed by atoms with Gasteiger partial charge >= 0.3 is 5.97 Å². The van der Waals surface area contributed by atoms with Crippen molar-refractivity contribution in [2.45, 2.75) is 32.1 Å². The molecule has 2 rings (SSSR count). The Balaban J connectivity index is 2.13. The van der Waals surface area contributed by atoms with Crippen LogP contribution in [0.4, 0.5) is 0 Å². The zero-order valence-electron chi connectivity index (χ0n) is 13.9. The first-order valence-electron chi connectivity index (χ1n) is 8.03. The van der Waals surface area contributed by atoms with Gasteiger partial charge in [-0.3, -0.25) is 9.59 Å². The van der Waals surface area contributed by atoms with Gasteiger partial charge in [0.2, 0.25) is 5.91 Å². The van der Waals surface area contributed by atoms with Crippen LogP contribution >= 0.6 is 23.4 Å². The van der Waals surface area contributed by atoms with Gasteiger partial charge in [0.05, 0.1) is 29.0 Å². The molecule has 0 saturated heterocycles. The highest BCUT2D eigenvalue weighted by Crippen LogP contribution is 2.36. The number of unbranched alkanes of at least 4 members (excludes halogenated alkanes) is 1. The number of hydrogen-bond acceptors (Lipinski definition) is 5. The average Bonchev–Trinajstić information content (AvgIpc) is 2.60. The number of nitrogens with one attached hydrogen (secondary N) is 1. The van der Waals surface area contributed by atoms with Gasteiger partial charge in [0.25, 0.3) is 0 Å². The minimum atomic E-state index is -0.355. The van der Waals surface area contributed by atoms with Gasteiger partial charge in [-0.2, -0.15) is 5.26 Å². The number of allylic oxidation sites excluding steroid dienone is 1. The van der Waals surface area contributed by atoms with Gasteiger partial charge in [-0.1, -0.05) is 48.8 Å². The van der Waals surface area contributed by atoms with Crippen molar-refractivity contribution in [3.8, 4) is 6.07 Å². The Labute approximate surface area is 156 Å². The summed E-state index contributed by atoms with van der Waals surface area (Å²) < 4.78 is 5.10. The Bertz CT molecular complexity index is 710.